The molecule has 0 radical (unpaired) electrons. The molecule has 1 N–H and O–H groups in total. The van der Waals surface area contributed by atoms with Crippen LogP contribution in [0.1, 0.15) is 25.8 Å². The Morgan fingerprint density at radius 3 is 3.00 bits per heavy atom. The highest BCUT2D eigenvalue weighted by Gasteiger charge is 2.13. The van der Waals surface area contributed by atoms with E-state index in [0.717, 1.165) is 29.2 Å². The summed E-state index contributed by atoms with van der Waals surface area (Å²) in [6.45, 7) is 4.37. The van der Waals surface area contributed by atoms with E-state index in [1.807, 2.05) is 25.1 Å². The predicted octanol–water partition coefficient (Wildman–Crippen LogP) is 2.56. The topological polar surface area (TPSA) is 47.6 Å². The summed E-state index contributed by atoms with van der Waals surface area (Å²) in [5, 5.41) is 2.95. The van der Waals surface area contributed by atoms with Crippen molar-refractivity contribution >= 4 is 17.7 Å². The summed E-state index contributed by atoms with van der Waals surface area (Å²) in [5.74, 6) is 2.97. The summed E-state index contributed by atoms with van der Waals surface area (Å²) >= 11 is 1.60. The van der Waals surface area contributed by atoms with E-state index in [1.54, 1.807) is 11.8 Å². The van der Waals surface area contributed by atoms with Gasteiger partial charge in [-0.05, 0) is 31.0 Å². The maximum Gasteiger partial charge on any atom is 0.231 e. The number of rotatable bonds is 6. The molecule has 4 nitrogen and oxygen atoms in total. The zero-order valence-corrected chi connectivity index (χ0v) is 12.1. The van der Waals surface area contributed by atoms with Gasteiger partial charge < -0.3 is 14.8 Å². The maximum atomic E-state index is 11.6. The molecule has 1 aliphatic rings. The predicted molar refractivity (Wildman–Crippen MR) is 76.6 cm³/mol. The number of fused-ring (bicyclic) bond motifs is 1. The highest BCUT2D eigenvalue weighted by molar-refractivity contribution is 7.99. The van der Waals surface area contributed by atoms with Gasteiger partial charge in [-0.1, -0.05) is 13.0 Å². The minimum Gasteiger partial charge on any atom is -0.454 e. The highest BCUT2D eigenvalue weighted by Crippen LogP contribution is 2.33. The molecule has 19 heavy (non-hydrogen) atoms. The third-order valence-electron chi connectivity index (χ3n) is 2.96. The van der Waals surface area contributed by atoms with Gasteiger partial charge in [0.05, 0.1) is 5.75 Å². The molecule has 5 heteroatoms. The summed E-state index contributed by atoms with van der Waals surface area (Å²) < 4.78 is 10.6. The van der Waals surface area contributed by atoms with Crippen molar-refractivity contribution in [3.8, 4) is 11.5 Å². The molecule has 1 aromatic rings. The number of carbonyl (C=O) groups excluding carboxylic acids is 1. The van der Waals surface area contributed by atoms with Crippen molar-refractivity contribution in [2.45, 2.75) is 32.1 Å². The van der Waals surface area contributed by atoms with Crippen LogP contribution in [0.2, 0.25) is 0 Å². The second-order valence-electron chi connectivity index (χ2n) is 4.56. The molecule has 0 aromatic heterocycles. The van der Waals surface area contributed by atoms with Gasteiger partial charge in [-0.25, -0.2) is 0 Å². The largest absolute Gasteiger partial charge is 0.454 e. The molecule has 1 atom stereocenters. The average molecular weight is 281 g/mol. The SMILES string of the molecule is CC[C@@H](C)NC(=O)CSCc1ccc2c(c1)OCO2. The number of ether oxygens (including phenoxy) is 2. The lowest BCUT2D eigenvalue weighted by atomic mass is 10.2. The monoisotopic (exact) mass is 281 g/mol. The molecule has 0 saturated heterocycles. The zero-order valence-electron chi connectivity index (χ0n) is 11.3. The van der Waals surface area contributed by atoms with Crippen LogP contribution in [-0.4, -0.2) is 24.5 Å². The van der Waals surface area contributed by atoms with Gasteiger partial charge in [0, 0.05) is 11.8 Å². The van der Waals surface area contributed by atoms with E-state index in [1.165, 1.54) is 0 Å². The van der Waals surface area contributed by atoms with Crippen LogP contribution < -0.4 is 14.8 Å². The Kier molecular flexibility index (Phi) is 4.96. The Balaban J connectivity index is 1.75. The van der Waals surface area contributed by atoms with Crippen LogP contribution >= 0.6 is 11.8 Å². The van der Waals surface area contributed by atoms with Gasteiger partial charge >= 0.3 is 0 Å². The van der Waals surface area contributed by atoms with Crippen LogP contribution in [0.4, 0.5) is 0 Å². The smallest absolute Gasteiger partial charge is 0.231 e. The lowest BCUT2D eigenvalue weighted by Gasteiger charge is -2.10. The van der Waals surface area contributed by atoms with Crippen molar-refractivity contribution in [2.24, 2.45) is 0 Å². The number of benzene rings is 1. The van der Waals surface area contributed by atoms with E-state index >= 15 is 0 Å². The standard InChI is InChI=1S/C14H19NO3S/c1-3-10(2)15-14(16)8-19-7-11-4-5-12-13(6-11)18-9-17-12/h4-6,10H,3,7-9H2,1-2H3,(H,15,16)/t10-/m1/s1. The van der Waals surface area contributed by atoms with Gasteiger partial charge in [0.1, 0.15) is 0 Å². The maximum absolute atomic E-state index is 11.6. The fourth-order valence-corrected chi connectivity index (χ4v) is 2.50. The van der Waals surface area contributed by atoms with Crippen LogP contribution in [-0.2, 0) is 10.5 Å². The number of hydrogen-bond donors (Lipinski definition) is 1. The van der Waals surface area contributed by atoms with Crippen molar-refractivity contribution in [3.63, 3.8) is 0 Å². The molecule has 0 spiro atoms. The Morgan fingerprint density at radius 1 is 1.42 bits per heavy atom. The number of thioether (sulfide) groups is 1. The Hall–Kier alpha value is -1.36. The van der Waals surface area contributed by atoms with Crippen molar-refractivity contribution in [3.05, 3.63) is 23.8 Å². The van der Waals surface area contributed by atoms with E-state index < -0.39 is 0 Å². The summed E-state index contributed by atoms with van der Waals surface area (Å²) in [5.41, 5.74) is 1.14. The second-order valence-corrected chi connectivity index (χ2v) is 5.54. The first kappa shape index (κ1) is 14.1. The summed E-state index contributed by atoms with van der Waals surface area (Å²) in [6.07, 6.45) is 0.957. The molecule has 0 unspecified atom stereocenters. The van der Waals surface area contributed by atoms with Crippen molar-refractivity contribution in [1.29, 1.82) is 0 Å². The quantitative estimate of drug-likeness (QED) is 0.870. The van der Waals surface area contributed by atoms with Crippen LogP contribution in [0.3, 0.4) is 0 Å². The molecule has 0 bridgehead atoms. The zero-order chi connectivity index (χ0) is 13.7. The van der Waals surface area contributed by atoms with Gasteiger partial charge in [0.25, 0.3) is 0 Å². The van der Waals surface area contributed by atoms with Crippen LogP contribution in [0.15, 0.2) is 18.2 Å². The van der Waals surface area contributed by atoms with E-state index in [4.69, 9.17) is 9.47 Å². The van der Waals surface area contributed by atoms with Gasteiger partial charge in [-0.3, -0.25) is 4.79 Å². The molecule has 0 aliphatic carbocycles. The third kappa shape index (κ3) is 4.06. The lowest BCUT2D eigenvalue weighted by molar-refractivity contribution is -0.119. The minimum atomic E-state index is 0.0973. The van der Waals surface area contributed by atoms with Crippen molar-refractivity contribution < 1.29 is 14.3 Å². The third-order valence-corrected chi connectivity index (χ3v) is 3.96. The van der Waals surface area contributed by atoms with Crippen LogP contribution in [0.25, 0.3) is 0 Å². The lowest BCUT2D eigenvalue weighted by Crippen LogP contribution is -2.33. The summed E-state index contributed by atoms with van der Waals surface area (Å²) in [7, 11) is 0. The van der Waals surface area contributed by atoms with Gasteiger partial charge in [-0.15, -0.1) is 11.8 Å². The molecular weight excluding hydrogens is 262 g/mol. The fraction of sp³-hybridized carbons (Fsp3) is 0.500. The summed E-state index contributed by atoms with van der Waals surface area (Å²) in [6, 6.07) is 6.14. The van der Waals surface area contributed by atoms with Crippen LogP contribution in [0, 0.1) is 0 Å². The van der Waals surface area contributed by atoms with Gasteiger partial charge in [0.15, 0.2) is 11.5 Å². The molecule has 0 fully saturated rings. The average Bonchev–Trinajstić information content (AvgIpc) is 2.86. The molecule has 1 aromatic carbocycles. The van der Waals surface area contributed by atoms with Gasteiger partial charge in [0.2, 0.25) is 12.7 Å². The number of carbonyl (C=O) groups is 1. The first-order chi connectivity index (χ1) is 9.19. The molecule has 2 rings (SSSR count). The first-order valence-electron chi connectivity index (χ1n) is 6.44. The Bertz CT molecular complexity index is 450. The Labute approximate surface area is 117 Å². The summed E-state index contributed by atoms with van der Waals surface area (Å²) in [4.78, 5) is 11.6. The van der Waals surface area contributed by atoms with Crippen LogP contribution in [0.5, 0.6) is 11.5 Å². The molecule has 0 saturated carbocycles. The number of nitrogens with one attached hydrogen (secondary N) is 1. The molecular formula is C14H19NO3S. The van der Waals surface area contributed by atoms with E-state index in [-0.39, 0.29) is 11.9 Å². The highest BCUT2D eigenvalue weighted by atomic mass is 32.2. The van der Waals surface area contributed by atoms with E-state index in [2.05, 4.69) is 12.2 Å². The van der Waals surface area contributed by atoms with Crippen molar-refractivity contribution in [1.82, 2.24) is 5.32 Å². The Morgan fingerprint density at radius 2 is 2.21 bits per heavy atom. The number of hydrogen-bond acceptors (Lipinski definition) is 4. The fourth-order valence-electron chi connectivity index (χ4n) is 1.71. The molecule has 1 heterocycles. The van der Waals surface area contributed by atoms with E-state index in [0.29, 0.717) is 12.5 Å². The molecule has 1 amide bonds. The molecule has 1 aliphatic heterocycles. The molecule has 104 valence electrons. The normalized spacial score (nSPS) is 14.2. The second kappa shape index (κ2) is 6.70. The first-order valence-corrected chi connectivity index (χ1v) is 7.60. The number of amides is 1. The minimum absolute atomic E-state index is 0.0973. The van der Waals surface area contributed by atoms with Gasteiger partial charge in [-0.2, -0.15) is 0 Å². The van der Waals surface area contributed by atoms with Crippen molar-refractivity contribution in [2.75, 3.05) is 12.5 Å². The van der Waals surface area contributed by atoms with E-state index in [9.17, 15) is 4.79 Å².